The second-order valence-corrected chi connectivity index (χ2v) is 4.17. The van der Waals surface area contributed by atoms with E-state index in [0.29, 0.717) is 9.99 Å². The molecule has 1 aromatic carbocycles. The Kier molecular flexibility index (Phi) is 2.07. The topological polar surface area (TPSA) is 28.7 Å². The van der Waals surface area contributed by atoms with Crippen LogP contribution in [-0.2, 0) is 0 Å². The lowest BCUT2D eigenvalue weighted by Gasteiger charge is -1.93. The maximum absolute atomic E-state index is 13.3. The van der Waals surface area contributed by atoms with Gasteiger partial charge >= 0.3 is 0 Å². The summed E-state index contributed by atoms with van der Waals surface area (Å²) in [6.45, 7) is 0. The Morgan fingerprint density at radius 2 is 2.25 bits per heavy atom. The van der Waals surface area contributed by atoms with Gasteiger partial charge in [0.1, 0.15) is 9.22 Å². The number of rotatable bonds is 0. The van der Waals surface area contributed by atoms with E-state index in [1.165, 1.54) is 0 Å². The van der Waals surface area contributed by atoms with E-state index in [2.05, 4.69) is 48.7 Å². The normalized spacial score (nSPS) is 10.9. The van der Waals surface area contributed by atoms with Crippen molar-refractivity contribution in [3.63, 3.8) is 0 Å². The molecule has 12 heavy (non-hydrogen) atoms. The van der Waals surface area contributed by atoms with Crippen molar-refractivity contribution in [2.24, 2.45) is 0 Å². The number of fused-ring (bicyclic) bond motifs is 1. The van der Waals surface area contributed by atoms with Crippen LogP contribution in [0.2, 0.25) is 0 Å². The smallest absolute Gasteiger partial charge is 0.163 e. The first-order valence-corrected chi connectivity index (χ1v) is 5.05. The molecule has 0 amide bonds. The van der Waals surface area contributed by atoms with E-state index in [0.717, 1.165) is 9.09 Å². The molecule has 0 radical (unpaired) electrons. The lowest BCUT2D eigenvalue weighted by molar-refractivity contribution is 0.630. The van der Waals surface area contributed by atoms with Gasteiger partial charge in [-0.25, -0.2) is 4.39 Å². The molecular formula is C7H3BrFIN2. The Hall–Kier alpha value is -0.170. The highest BCUT2D eigenvalue weighted by atomic mass is 127. The number of hydrogen-bond acceptors (Lipinski definition) is 1. The summed E-state index contributed by atoms with van der Waals surface area (Å²) in [6.07, 6.45) is 0. The number of hydrogen-bond donors (Lipinski definition) is 1. The molecule has 0 fully saturated rings. The molecule has 1 aromatic heterocycles. The molecule has 0 atom stereocenters. The van der Waals surface area contributed by atoms with Gasteiger partial charge in [0.05, 0.1) is 4.47 Å². The van der Waals surface area contributed by atoms with Crippen LogP contribution in [0.4, 0.5) is 4.39 Å². The van der Waals surface area contributed by atoms with Crippen molar-refractivity contribution in [3.05, 3.63) is 26.1 Å². The molecule has 0 aliphatic rings. The number of H-pyrrole nitrogens is 1. The average molecular weight is 341 g/mol. The van der Waals surface area contributed by atoms with Gasteiger partial charge in [-0.15, -0.1) is 0 Å². The van der Waals surface area contributed by atoms with Gasteiger partial charge in [0, 0.05) is 5.39 Å². The van der Waals surface area contributed by atoms with Gasteiger partial charge in [-0.2, -0.15) is 5.10 Å². The summed E-state index contributed by atoms with van der Waals surface area (Å²) < 4.78 is 14.5. The van der Waals surface area contributed by atoms with Crippen molar-refractivity contribution >= 4 is 49.4 Å². The van der Waals surface area contributed by atoms with Crippen LogP contribution >= 0.6 is 38.5 Å². The lowest BCUT2D eigenvalue weighted by Crippen LogP contribution is -1.79. The summed E-state index contributed by atoms with van der Waals surface area (Å²) >= 11 is 5.16. The molecule has 2 nitrogen and oxygen atoms in total. The molecule has 2 aromatic rings. The van der Waals surface area contributed by atoms with Crippen LogP contribution in [0.15, 0.2) is 16.6 Å². The molecule has 0 saturated carbocycles. The highest BCUT2D eigenvalue weighted by molar-refractivity contribution is 14.1. The molecule has 0 aliphatic heterocycles. The third-order valence-corrected chi connectivity index (χ3v) is 3.02. The first-order chi connectivity index (χ1) is 5.70. The van der Waals surface area contributed by atoms with Crippen molar-refractivity contribution in [3.8, 4) is 0 Å². The summed E-state index contributed by atoms with van der Waals surface area (Å²) in [6, 6.07) is 3.50. The summed E-state index contributed by atoms with van der Waals surface area (Å²) in [4.78, 5) is 0. The molecular weight excluding hydrogens is 338 g/mol. The Balaban J connectivity index is 2.93. The van der Waals surface area contributed by atoms with E-state index in [1.54, 1.807) is 6.07 Å². The van der Waals surface area contributed by atoms with E-state index in [-0.39, 0.29) is 5.82 Å². The summed E-state index contributed by atoms with van der Waals surface area (Å²) in [5, 5.41) is 7.35. The SMILES string of the molecule is Fc1c(Br)ccc2c(I)n[nH]c12. The molecule has 0 bridgehead atoms. The quantitative estimate of drug-likeness (QED) is 0.734. The monoisotopic (exact) mass is 340 g/mol. The maximum Gasteiger partial charge on any atom is 0.163 e. The van der Waals surface area contributed by atoms with E-state index in [1.807, 2.05) is 6.07 Å². The third kappa shape index (κ3) is 1.15. The number of benzene rings is 1. The minimum Gasteiger partial charge on any atom is -0.274 e. The molecule has 0 spiro atoms. The average Bonchev–Trinajstić information content (AvgIpc) is 2.41. The zero-order chi connectivity index (χ0) is 8.72. The summed E-state index contributed by atoms with van der Waals surface area (Å²) in [7, 11) is 0. The number of aromatic nitrogens is 2. The fourth-order valence-corrected chi connectivity index (χ4v) is 1.90. The molecule has 0 unspecified atom stereocenters. The molecule has 62 valence electrons. The first-order valence-electron chi connectivity index (χ1n) is 3.17. The van der Waals surface area contributed by atoms with Crippen molar-refractivity contribution in [2.75, 3.05) is 0 Å². The lowest BCUT2D eigenvalue weighted by atomic mass is 10.2. The van der Waals surface area contributed by atoms with Gasteiger partial charge in [0.2, 0.25) is 0 Å². The van der Waals surface area contributed by atoms with Crippen LogP contribution in [-0.4, -0.2) is 10.2 Å². The standard InChI is InChI=1S/C7H3BrFIN2/c8-4-2-1-3-6(5(4)9)11-12-7(3)10/h1-2H,(H,11,12). The summed E-state index contributed by atoms with van der Waals surface area (Å²) in [5.74, 6) is -0.289. The number of halogens is 3. The van der Waals surface area contributed by atoms with Gasteiger partial charge < -0.3 is 0 Å². The second-order valence-electron chi connectivity index (χ2n) is 2.30. The Labute approximate surface area is 89.8 Å². The first kappa shape index (κ1) is 8.43. The van der Waals surface area contributed by atoms with Crippen LogP contribution in [0.5, 0.6) is 0 Å². The third-order valence-electron chi connectivity index (χ3n) is 1.58. The maximum atomic E-state index is 13.3. The predicted molar refractivity (Wildman–Crippen MR) is 56.5 cm³/mol. The second kappa shape index (κ2) is 2.95. The minimum atomic E-state index is -0.289. The Morgan fingerprint density at radius 1 is 1.50 bits per heavy atom. The highest BCUT2D eigenvalue weighted by Crippen LogP contribution is 2.25. The fourth-order valence-electron chi connectivity index (χ4n) is 0.997. The number of nitrogens with zero attached hydrogens (tertiary/aromatic N) is 1. The van der Waals surface area contributed by atoms with Crippen LogP contribution in [0, 0.1) is 9.52 Å². The van der Waals surface area contributed by atoms with Crippen molar-refractivity contribution in [1.82, 2.24) is 10.2 Å². The fraction of sp³-hybridized carbons (Fsp3) is 0. The van der Waals surface area contributed by atoms with Crippen LogP contribution in [0.3, 0.4) is 0 Å². The van der Waals surface area contributed by atoms with Gasteiger partial charge in [-0.05, 0) is 50.7 Å². The molecule has 0 aliphatic carbocycles. The highest BCUT2D eigenvalue weighted by Gasteiger charge is 2.09. The number of nitrogens with one attached hydrogen (secondary N) is 1. The van der Waals surface area contributed by atoms with Crippen LogP contribution in [0.1, 0.15) is 0 Å². The van der Waals surface area contributed by atoms with Crippen molar-refractivity contribution in [1.29, 1.82) is 0 Å². The molecule has 5 heteroatoms. The van der Waals surface area contributed by atoms with Crippen molar-refractivity contribution in [2.45, 2.75) is 0 Å². The predicted octanol–water partition coefficient (Wildman–Crippen LogP) is 3.07. The van der Waals surface area contributed by atoms with E-state index in [4.69, 9.17) is 0 Å². The molecule has 2 rings (SSSR count). The zero-order valence-corrected chi connectivity index (χ0v) is 9.48. The van der Waals surface area contributed by atoms with E-state index >= 15 is 0 Å². The van der Waals surface area contributed by atoms with Crippen LogP contribution < -0.4 is 0 Å². The zero-order valence-electron chi connectivity index (χ0n) is 5.74. The van der Waals surface area contributed by atoms with Gasteiger partial charge in [-0.1, -0.05) is 0 Å². The van der Waals surface area contributed by atoms with Gasteiger partial charge in [-0.3, -0.25) is 5.10 Å². The van der Waals surface area contributed by atoms with Gasteiger partial charge in [0.25, 0.3) is 0 Å². The Morgan fingerprint density at radius 3 is 3.00 bits per heavy atom. The van der Waals surface area contributed by atoms with Crippen LogP contribution in [0.25, 0.3) is 10.9 Å². The van der Waals surface area contributed by atoms with Crippen molar-refractivity contribution < 1.29 is 4.39 Å². The summed E-state index contributed by atoms with van der Waals surface area (Å²) in [5.41, 5.74) is 0.453. The number of aromatic amines is 1. The molecule has 1 heterocycles. The largest absolute Gasteiger partial charge is 0.274 e. The van der Waals surface area contributed by atoms with Gasteiger partial charge in [0.15, 0.2) is 5.82 Å². The molecule has 0 saturated heterocycles. The minimum absolute atomic E-state index is 0.289. The van der Waals surface area contributed by atoms with E-state index < -0.39 is 0 Å². The Bertz CT molecular complexity index is 440. The molecule has 1 N–H and O–H groups in total. The van der Waals surface area contributed by atoms with E-state index in [9.17, 15) is 4.39 Å².